The van der Waals surface area contributed by atoms with Crippen LogP contribution in [0.4, 0.5) is 0 Å². The molecule has 0 saturated carbocycles. The molecule has 630 valence electrons. The fraction of sp³-hybridized carbons (Fsp3) is 0.688. The van der Waals surface area contributed by atoms with Gasteiger partial charge in [-0.25, -0.2) is 0 Å². The molecule has 21 N–H and O–H groups in total. The number of thioether (sulfide) groups is 1. The molecule has 2 aromatic carbocycles. The largest absolute Gasteiger partial charge is 0.508 e. The SMILES string of the molecule is CCC(C)CC(C)CCCCCCCCC(=O)NC(CCC(NC(=O)C1C(O)CCN1C(=O)C(NC=O)C(O)CCN)OCCNC(=O)C(N)CNC(=O)C(Cc1ccccc1)NC(=O)C(CC(C)C)NC(=O)C(CCSC)NC=O)C(=O)NC(C(=O)N1CC(O)CC1C(=O)NC(C)C(O)C(O)c1ccc(O)cc1)C(C)O. The third-order valence-electron chi connectivity index (χ3n) is 20.2. The van der Waals surface area contributed by atoms with E-state index in [4.69, 9.17) is 16.2 Å². The smallest absolute Gasteiger partial charge is 0.248 e. The molecule has 2 saturated heterocycles. The number of aromatic hydroxyl groups is 1. The van der Waals surface area contributed by atoms with Crippen molar-refractivity contribution in [3.8, 4) is 5.75 Å². The van der Waals surface area contributed by atoms with Crippen LogP contribution in [0, 0.1) is 17.8 Å². The Kier molecular flexibility index (Phi) is 43.7. The highest BCUT2D eigenvalue weighted by molar-refractivity contribution is 7.98. The normalized spacial score (nSPS) is 19.5. The number of hydrogen-bond donors (Lipinski definition) is 19. The van der Waals surface area contributed by atoms with Gasteiger partial charge in [0.05, 0.1) is 37.1 Å². The number of hydrogen-bond acceptors (Lipinski definition) is 23. The van der Waals surface area contributed by atoms with Gasteiger partial charge in [-0.2, -0.15) is 11.8 Å². The molecule has 2 fully saturated rings. The maximum atomic E-state index is 14.9. The lowest BCUT2D eigenvalue weighted by atomic mass is 9.91. The number of nitrogens with two attached hydrogens (primary N) is 2. The Balaban J connectivity index is 1.62. The van der Waals surface area contributed by atoms with Gasteiger partial charge in [-0.1, -0.05) is 122 Å². The van der Waals surface area contributed by atoms with Gasteiger partial charge in [0.1, 0.15) is 78.6 Å². The quantitative estimate of drug-likeness (QED) is 0.0204. The third kappa shape index (κ3) is 32.8. The Morgan fingerprint density at radius 2 is 1.28 bits per heavy atom. The molecular weight excluding hydrogens is 1470 g/mol. The fourth-order valence-corrected chi connectivity index (χ4v) is 14.0. The second kappa shape index (κ2) is 50.9. The lowest BCUT2D eigenvalue weighted by molar-refractivity contribution is -0.146. The van der Waals surface area contributed by atoms with E-state index in [9.17, 15) is 93.3 Å². The van der Waals surface area contributed by atoms with Crippen LogP contribution in [0.25, 0.3) is 0 Å². The van der Waals surface area contributed by atoms with Gasteiger partial charge in [0.15, 0.2) is 0 Å². The monoisotopic (exact) mass is 1600 g/mol. The van der Waals surface area contributed by atoms with E-state index in [1.165, 1.54) is 49.9 Å². The first-order chi connectivity index (χ1) is 53.3. The highest BCUT2D eigenvalue weighted by Gasteiger charge is 2.47. The number of phenols is 1. The van der Waals surface area contributed by atoms with E-state index in [0.717, 1.165) is 54.7 Å². The van der Waals surface area contributed by atoms with Crippen LogP contribution in [0.3, 0.4) is 0 Å². The molecule has 2 aliphatic rings. The molecule has 0 aliphatic carbocycles. The van der Waals surface area contributed by atoms with E-state index >= 15 is 0 Å². The molecule has 0 radical (unpaired) electrons. The maximum Gasteiger partial charge on any atom is 0.248 e. The van der Waals surface area contributed by atoms with Gasteiger partial charge in [0.25, 0.3) is 0 Å². The predicted molar refractivity (Wildman–Crippen MR) is 418 cm³/mol. The summed E-state index contributed by atoms with van der Waals surface area (Å²) < 4.78 is 6.18. The van der Waals surface area contributed by atoms with Crippen LogP contribution in [0.5, 0.6) is 5.75 Å². The summed E-state index contributed by atoms with van der Waals surface area (Å²) in [5.74, 6) is -6.79. The van der Waals surface area contributed by atoms with Crippen LogP contribution in [0.2, 0.25) is 0 Å². The lowest BCUT2D eigenvalue weighted by Crippen LogP contribution is -2.60. The van der Waals surface area contributed by atoms with Crippen LogP contribution in [-0.4, -0.2) is 266 Å². The van der Waals surface area contributed by atoms with Crippen molar-refractivity contribution in [1.82, 2.24) is 63.0 Å². The number of β-amino-alcohol motifs (C(OH)–C–C–N with tert-alkyl or cyclic N) is 1. The van der Waals surface area contributed by atoms with Crippen LogP contribution >= 0.6 is 11.8 Å². The standard InChI is InChI=1S/C77H126N14O20S/c1-9-46(4)38-47(5)19-15-12-10-11-13-18-22-62(99)85-56(72(105)89-64(49(7)94)76(109)91-42-53(96)40-59(91)74(107)84-48(6)67(100)68(101)51-23-25-52(95)26-24-51)27-28-63(88-75(108)66-61(98)30-34-90(66)77(110)65(83-44-93)60(97)29-32-78)111-35-33-80-69(102)54(79)41-81-70(103)58(39-50-20-16-14-17-21-50)87-73(106)57(37-45(2)3)86-71(104)55(82-43-92)31-36-112-8/h14,16-17,20-21,23-26,43-49,53-61,63-68,94-98,100-101H,9-13,15,18-19,22,27-42,78-79H2,1-8H3,(H,80,102)(H,81,103)(H,82,92)(H,83,93)(H,84,107)(H,85,99)(H,86,104)(H,87,106)(H,88,108)(H,89,105). The Hall–Kier alpha value is -8.13. The summed E-state index contributed by atoms with van der Waals surface area (Å²) in [6.07, 6.45) is -1.03. The summed E-state index contributed by atoms with van der Waals surface area (Å²) >= 11 is 1.46. The van der Waals surface area contributed by atoms with E-state index in [2.05, 4.69) is 73.9 Å². The van der Waals surface area contributed by atoms with Crippen LogP contribution in [-0.2, 0) is 68.7 Å². The zero-order valence-electron chi connectivity index (χ0n) is 66.0. The number of carbonyl (C=O) groups is 12. The van der Waals surface area contributed by atoms with E-state index in [-0.39, 0.29) is 88.2 Å². The van der Waals surface area contributed by atoms with Gasteiger partial charge in [0.2, 0.25) is 71.9 Å². The first kappa shape index (κ1) is 96.2. The summed E-state index contributed by atoms with van der Waals surface area (Å²) in [7, 11) is 0. The minimum absolute atomic E-state index is 0.0256. The average molecular weight is 1600 g/mol. The number of rotatable bonds is 54. The Morgan fingerprint density at radius 1 is 0.643 bits per heavy atom. The molecule has 0 spiro atoms. The van der Waals surface area contributed by atoms with E-state index in [1.807, 2.05) is 20.1 Å². The summed E-state index contributed by atoms with van der Waals surface area (Å²) in [5, 5.41) is 102. The molecule has 112 heavy (non-hydrogen) atoms. The van der Waals surface area contributed by atoms with Crippen molar-refractivity contribution in [2.75, 3.05) is 51.3 Å². The molecule has 19 atom stereocenters. The number of aliphatic hydroxyl groups excluding tert-OH is 6. The van der Waals surface area contributed by atoms with Gasteiger partial charge >= 0.3 is 0 Å². The van der Waals surface area contributed by atoms with E-state index in [0.29, 0.717) is 42.4 Å². The Labute approximate surface area is 661 Å². The highest BCUT2D eigenvalue weighted by atomic mass is 32.2. The van der Waals surface area contributed by atoms with Crippen molar-refractivity contribution in [2.24, 2.45) is 29.2 Å². The number of phenolic OH excluding ortho intramolecular Hbond substituents is 1. The van der Waals surface area contributed by atoms with Crippen molar-refractivity contribution in [1.29, 1.82) is 0 Å². The molecule has 35 heteroatoms. The predicted octanol–water partition coefficient (Wildman–Crippen LogP) is -1.49. The van der Waals surface area contributed by atoms with Gasteiger partial charge in [-0.15, -0.1) is 0 Å². The minimum Gasteiger partial charge on any atom is -0.508 e. The van der Waals surface area contributed by atoms with Gasteiger partial charge in [0, 0.05) is 45.4 Å². The number of amides is 12. The molecule has 4 rings (SSSR count). The summed E-state index contributed by atoms with van der Waals surface area (Å²) in [6, 6.07) is -0.0307. The third-order valence-corrected chi connectivity index (χ3v) is 20.8. The lowest BCUT2D eigenvalue weighted by Gasteiger charge is -2.32. The minimum atomic E-state index is -1.85. The molecule has 19 unspecified atom stereocenters. The number of unbranched alkanes of at least 4 members (excludes halogenated alkanes) is 5. The molecule has 0 aromatic heterocycles. The maximum absolute atomic E-state index is 14.9. The molecule has 2 heterocycles. The zero-order valence-corrected chi connectivity index (χ0v) is 66.8. The van der Waals surface area contributed by atoms with Crippen LogP contribution < -0.4 is 64.6 Å². The summed E-state index contributed by atoms with van der Waals surface area (Å²) in [4.78, 5) is 167. The topological polar surface area (TPSA) is 534 Å². The second-order valence-electron chi connectivity index (χ2n) is 30.0. The van der Waals surface area contributed by atoms with Crippen molar-refractivity contribution in [3.05, 3.63) is 65.7 Å². The van der Waals surface area contributed by atoms with Crippen LogP contribution in [0.1, 0.15) is 175 Å². The second-order valence-corrected chi connectivity index (χ2v) is 31.0. The number of aliphatic hydroxyl groups is 6. The van der Waals surface area contributed by atoms with Crippen molar-refractivity contribution in [2.45, 2.75) is 267 Å². The number of likely N-dealkylation sites (tertiary alicyclic amines) is 2. The highest BCUT2D eigenvalue weighted by Crippen LogP contribution is 2.27. The molecule has 34 nitrogen and oxygen atoms in total. The van der Waals surface area contributed by atoms with Gasteiger partial charge in [-0.3, -0.25) is 57.5 Å². The summed E-state index contributed by atoms with van der Waals surface area (Å²) in [6.45, 7) is 10.9. The fourth-order valence-electron chi connectivity index (χ4n) is 13.6. The molecule has 2 aliphatic heterocycles. The first-order valence-electron chi connectivity index (χ1n) is 39.1. The number of ether oxygens (including phenoxy) is 1. The van der Waals surface area contributed by atoms with Gasteiger partial charge < -0.3 is 115 Å². The number of nitrogens with zero attached hydrogens (tertiary/aromatic N) is 2. The number of carbonyl (C=O) groups excluding carboxylic acids is 12. The molecular formula is C77H126N14O20S. The molecule has 12 amide bonds. The van der Waals surface area contributed by atoms with E-state index in [1.54, 1.807) is 30.3 Å². The number of nitrogens with one attached hydrogen (secondary N) is 10. The van der Waals surface area contributed by atoms with Crippen molar-refractivity contribution >= 4 is 83.7 Å². The Morgan fingerprint density at radius 3 is 1.91 bits per heavy atom. The molecule has 0 bridgehead atoms. The first-order valence-corrected chi connectivity index (χ1v) is 40.5. The Bertz CT molecular complexity index is 3260. The van der Waals surface area contributed by atoms with Crippen molar-refractivity contribution < 1.29 is 98.0 Å². The average Bonchev–Trinajstić information content (AvgIpc) is 1.63. The summed E-state index contributed by atoms with van der Waals surface area (Å²) in [5.41, 5.74) is 12.9. The zero-order chi connectivity index (χ0) is 83.1. The van der Waals surface area contributed by atoms with Gasteiger partial charge in [-0.05, 0) is 125 Å². The van der Waals surface area contributed by atoms with Crippen molar-refractivity contribution in [3.63, 3.8) is 0 Å². The molecule has 2 aromatic rings. The van der Waals surface area contributed by atoms with Crippen LogP contribution in [0.15, 0.2) is 54.6 Å². The number of benzene rings is 2. The van der Waals surface area contributed by atoms with E-state index < -0.39 is 195 Å².